The average Bonchev–Trinajstić information content (AvgIpc) is 2.56. The number of para-hydroxylation sites is 2. The molecule has 5 heteroatoms. The largest absolute Gasteiger partial charge is 0.762 e. The average molecular weight is 276 g/mol. The third-order valence-corrected chi connectivity index (χ3v) is 3.67. The fourth-order valence-electron chi connectivity index (χ4n) is 2.62. The second kappa shape index (κ2) is 5.74. The maximum Gasteiger partial charge on any atom is 0.157 e. The Morgan fingerprint density at radius 2 is 1.76 bits per heavy atom. The Morgan fingerprint density at radius 3 is 2.38 bits per heavy atom. The summed E-state index contributed by atoms with van der Waals surface area (Å²) in [5.41, 5.74) is 1.92. The molecule has 0 spiro atoms. The monoisotopic (exact) mass is 276 g/mol. The van der Waals surface area contributed by atoms with E-state index >= 15 is 0 Å². The lowest BCUT2D eigenvalue weighted by Crippen LogP contribution is -2.31. The summed E-state index contributed by atoms with van der Waals surface area (Å²) < 4.78 is 0. The zero-order chi connectivity index (χ0) is 14.7. The van der Waals surface area contributed by atoms with Crippen molar-refractivity contribution in [1.29, 1.82) is 5.26 Å². The van der Waals surface area contributed by atoms with Gasteiger partial charge in [0.05, 0.1) is 11.0 Å². The van der Waals surface area contributed by atoms with Crippen molar-refractivity contribution in [3.8, 4) is 6.07 Å². The molecule has 0 atom stereocenters. The van der Waals surface area contributed by atoms with Gasteiger partial charge >= 0.3 is 0 Å². The van der Waals surface area contributed by atoms with E-state index in [4.69, 9.17) is 0 Å². The van der Waals surface area contributed by atoms with Crippen molar-refractivity contribution < 1.29 is 0 Å². The van der Waals surface area contributed by atoms with Crippen LogP contribution in [0.2, 0.25) is 0 Å². The molecule has 5 nitrogen and oxygen atoms in total. The number of anilines is 1. The number of hydrogen-bond donors (Lipinski definition) is 0. The minimum Gasteiger partial charge on any atom is -0.762 e. The van der Waals surface area contributed by atoms with Crippen LogP contribution >= 0.6 is 0 Å². The Hall–Kier alpha value is -2.70. The number of benzene rings is 1. The fourth-order valence-corrected chi connectivity index (χ4v) is 2.62. The van der Waals surface area contributed by atoms with Crippen molar-refractivity contribution in [3.05, 3.63) is 35.4 Å². The molecule has 2 aromatic rings. The number of rotatable bonds is 2. The first kappa shape index (κ1) is 13.3. The summed E-state index contributed by atoms with van der Waals surface area (Å²) in [5.74, 6) is 2.60. The molecular weight excluding hydrogens is 262 g/mol. The van der Waals surface area contributed by atoms with Gasteiger partial charge in [-0.15, -0.1) is 0 Å². The molecule has 104 valence electrons. The van der Waals surface area contributed by atoms with Gasteiger partial charge in [0, 0.05) is 13.1 Å². The van der Waals surface area contributed by atoms with Crippen molar-refractivity contribution in [2.24, 2.45) is 0 Å². The number of allylic oxidation sites excluding steroid dienone is 1. The zero-order valence-corrected chi connectivity index (χ0v) is 11.6. The summed E-state index contributed by atoms with van der Waals surface area (Å²) >= 11 is 0. The van der Waals surface area contributed by atoms with Crippen molar-refractivity contribution in [2.75, 3.05) is 18.0 Å². The molecule has 1 aromatic heterocycles. The van der Waals surface area contributed by atoms with Crippen LogP contribution in [0.4, 0.5) is 5.82 Å². The molecule has 1 saturated heterocycles. The molecular formula is C16H14N5-. The Morgan fingerprint density at radius 1 is 1.10 bits per heavy atom. The van der Waals surface area contributed by atoms with Gasteiger partial charge in [-0.05, 0) is 31.4 Å². The van der Waals surface area contributed by atoms with Crippen molar-refractivity contribution in [1.82, 2.24) is 9.97 Å². The highest BCUT2D eigenvalue weighted by Gasteiger charge is 2.19. The summed E-state index contributed by atoms with van der Waals surface area (Å²) in [4.78, 5) is 11.3. The predicted molar refractivity (Wildman–Crippen MR) is 83.0 cm³/mol. The minimum atomic E-state index is 0.0221. The summed E-state index contributed by atoms with van der Waals surface area (Å²) in [7, 11) is 0. The van der Waals surface area contributed by atoms with Crippen LogP contribution in [0.1, 0.15) is 25.0 Å². The first-order valence-corrected chi connectivity index (χ1v) is 7.03. The van der Waals surface area contributed by atoms with Crippen molar-refractivity contribution in [2.45, 2.75) is 19.3 Å². The molecule has 0 radical (unpaired) electrons. The van der Waals surface area contributed by atoms with Crippen LogP contribution in [0.3, 0.4) is 0 Å². The van der Waals surface area contributed by atoms with Gasteiger partial charge in [0.15, 0.2) is 5.82 Å². The lowest BCUT2D eigenvalue weighted by atomic mass is 10.1. The van der Waals surface area contributed by atoms with E-state index in [-0.39, 0.29) is 5.57 Å². The van der Waals surface area contributed by atoms with Crippen LogP contribution < -0.4 is 4.90 Å². The van der Waals surface area contributed by atoms with Crippen LogP contribution in [-0.4, -0.2) is 28.9 Å². The number of aromatic nitrogens is 2. The van der Waals surface area contributed by atoms with Crippen LogP contribution in [0.5, 0.6) is 0 Å². The predicted octanol–water partition coefficient (Wildman–Crippen LogP) is 2.77. The molecule has 0 N–H and O–H groups in total. The van der Waals surface area contributed by atoms with Gasteiger partial charge in [-0.25, -0.2) is 15.8 Å². The maximum absolute atomic E-state index is 9.18. The third-order valence-electron chi connectivity index (χ3n) is 3.67. The molecule has 1 aliphatic rings. The van der Waals surface area contributed by atoms with Crippen LogP contribution in [0.25, 0.3) is 22.0 Å². The summed E-state index contributed by atoms with van der Waals surface area (Å²) in [6.07, 6.45) is 3.41. The Bertz CT molecular complexity index is 762. The van der Waals surface area contributed by atoms with Gasteiger partial charge in [-0.3, -0.25) is 0 Å². The molecule has 1 aliphatic heterocycles. The number of nitriles is 1. The molecule has 2 heterocycles. The van der Waals surface area contributed by atoms with Gasteiger partial charge in [0.2, 0.25) is 0 Å². The fraction of sp³-hybridized carbons (Fsp3) is 0.312. The lowest BCUT2D eigenvalue weighted by molar-refractivity contribution is 0.573. The molecule has 21 heavy (non-hydrogen) atoms. The van der Waals surface area contributed by atoms with E-state index in [1.54, 1.807) is 0 Å². The topological polar surface area (TPSA) is 75.1 Å². The standard InChI is InChI=1S/C16H14N5/c17-10-12(11-18)15-16(21-8-4-1-5-9-21)20-14-7-3-2-6-13(14)19-15/h2-3,6-7H,1,4-5,8-9H2/q-1. The molecule has 0 amide bonds. The Kier molecular flexibility index (Phi) is 3.63. The van der Waals surface area contributed by atoms with Gasteiger partial charge in [-0.1, -0.05) is 12.1 Å². The van der Waals surface area contributed by atoms with Gasteiger partial charge in [0.1, 0.15) is 17.3 Å². The highest BCUT2D eigenvalue weighted by atomic mass is 15.2. The van der Waals surface area contributed by atoms with E-state index < -0.39 is 0 Å². The Labute approximate surface area is 123 Å². The van der Waals surface area contributed by atoms with Crippen molar-refractivity contribution >= 4 is 28.3 Å². The summed E-state index contributed by atoms with van der Waals surface area (Å²) in [6.45, 7) is 1.79. The van der Waals surface area contributed by atoms with Crippen molar-refractivity contribution in [3.63, 3.8) is 0 Å². The highest BCUT2D eigenvalue weighted by molar-refractivity contribution is 6.01. The highest BCUT2D eigenvalue weighted by Crippen LogP contribution is 2.27. The van der Waals surface area contributed by atoms with E-state index in [0.717, 1.165) is 31.4 Å². The summed E-state index contributed by atoms with van der Waals surface area (Å²) in [6, 6.07) is 9.47. The third kappa shape index (κ3) is 2.49. The van der Waals surface area contributed by atoms with E-state index in [1.807, 2.05) is 36.2 Å². The second-order valence-electron chi connectivity index (χ2n) is 5.03. The molecule has 1 aromatic carbocycles. The van der Waals surface area contributed by atoms with Gasteiger partial charge < -0.3 is 10.3 Å². The van der Waals surface area contributed by atoms with Gasteiger partial charge in [0.25, 0.3) is 0 Å². The molecule has 0 aliphatic carbocycles. The van der Waals surface area contributed by atoms with Gasteiger partial charge in [-0.2, -0.15) is 5.26 Å². The smallest absolute Gasteiger partial charge is 0.157 e. The SMILES string of the molecule is N#CC(=C=[N-])c1nc2ccccc2nc1N1CCCCC1. The maximum atomic E-state index is 9.18. The van der Waals surface area contributed by atoms with E-state index in [0.29, 0.717) is 17.0 Å². The lowest BCUT2D eigenvalue weighted by Gasteiger charge is -2.29. The first-order chi connectivity index (χ1) is 10.3. The zero-order valence-electron chi connectivity index (χ0n) is 11.6. The summed E-state index contributed by atoms with van der Waals surface area (Å²) in [5, 5.41) is 18.4. The number of piperidine rings is 1. The number of hydrogen-bond acceptors (Lipinski definition) is 4. The molecule has 0 saturated carbocycles. The second-order valence-corrected chi connectivity index (χ2v) is 5.03. The number of fused-ring (bicyclic) bond motifs is 1. The molecule has 0 unspecified atom stereocenters. The normalized spacial score (nSPS) is 14.5. The minimum absolute atomic E-state index is 0.0221. The van der Waals surface area contributed by atoms with E-state index in [1.165, 1.54) is 6.42 Å². The molecule has 0 bridgehead atoms. The number of nitrogens with zero attached hydrogens (tertiary/aromatic N) is 5. The van der Waals surface area contributed by atoms with E-state index in [9.17, 15) is 10.7 Å². The first-order valence-electron chi connectivity index (χ1n) is 7.03. The van der Waals surface area contributed by atoms with Crippen LogP contribution in [0, 0.1) is 11.3 Å². The molecule has 3 rings (SSSR count). The van der Waals surface area contributed by atoms with Crippen LogP contribution in [-0.2, 0) is 0 Å². The van der Waals surface area contributed by atoms with E-state index in [2.05, 4.69) is 14.9 Å². The Balaban J connectivity index is 2.21. The molecule has 1 fully saturated rings. The van der Waals surface area contributed by atoms with Crippen LogP contribution in [0.15, 0.2) is 24.3 Å². The quantitative estimate of drug-likeness (QED) is 0.624.